The summed E-state index contributed by atoms with van der Waals surface area (Å²) in [5.74, 6) is -0.670. The minimum absolute atomic E-state index is 0.00547. The molecule has 6 heteroatoms. The summed E-state index contributed by atoms with van der Waals surface area (Å²) < 4.78 is 37.6. The van der Waals surface area contributed by atoms with Gasteiger partial charge in [-0.05, 0) is 25.0 Å². The summed E-state index contributed by atoms with van der Waals surface area (Å²) in [7, 11) is 0. The SMILES string of the molecule is Cc1ccccc1N1CC/C(=C(/Cl)C(F)(F)F)C1=O. The third-order valence-electron chi connectivity index (χ3n) is 3.01. The van der Waals surface area contributed by atoms with E-state index in [-0.39, 0.29) is 18.5 Å². The summed E-state index contributed by atoms with van der Waals surface area (Å²) in [5, 5.41) is -1.31. The normalized spacial score (nSPS) is 19.0. The summed E-state index contributed by atoms with van der Waals surface area (Å²) in [6, 6.07) is 7.05. The number of amides is 1. The molecule has 0 saturated carbocycles. The Bertz CT molecular complexity index is 551. The minimum atomic E-state index is -4.67. The minimum Gasteiger partial charge on any atom is -0.308 e. The van der Waals surface area contributed by atoms with Gasteiger partial charge in [-0.3, -0.25) is 4.79 Å². The number of alkyl halides is 3. The largest absolute Gasteiger partial charge is 0.427 e. The predicted molar refractivity (Wildman–Crippen MR) is 67.1 cm³/mol. The maximum absolute atomic E-state index is 12.5. The van der Waals surface area contributed by atoms with Crippen molar-refractivity contribution in [1.29, 1.82) is 0 Å². The molecule has 0 aliphatic carbocycles. The third-order valence-corrected chi connectivity index (χ3v) is 3.45. The smallest absolute Gasteiger partial charge is 0.308 e. The highest BCUT2D eigenvalue weighted by Crippen LogP contribution is 2.37. The lowest BCUT2D eigenvalue weighted by Gasteiger charge is -2.18. The van der Waals surface area contributed by atoms with Gasteiger partial charge in [-0.15, -0.1) is 0 Å². The molecule has 1 aliphatic heterocycles. The van der Waals surface area contributed by atoms with E-state index in [1.165, 1.54) is 4.90 Å². The number of carbonyl (C=O) groups excluding carboxylic acids is 1. The first-order valence-corrected chi connectivity index (χ1v) is 6.03. The van der Waals surface area contributed by atoms with Crippen LogP contribution in [0.4, 0.5) is 18.9 Å². The highest BCUT2D eigenvalue weighted by molar-refractivity contribution is 6.33. The van der Waals surface area contributed by atoms with Gasteiger partial charge < -0.3 is 4.90 Å². The van der Waals surface area contributed by atoms with Crippen LogP contribution in [0.3, 0.4) is 0 Å². The number of nitrogens with zero attached hydrogens (tertiary/aromatic N) is 1. The predicted octanol–water partition coefficient (Wildman–Crippen LogP) is 3.79. The molecule has 1 amide bonds. The van der Waals surface area contributed by atoms with Gasteiger partial charge >= 0.3 is 6.18 Å². The van der Waals surface area contributed by atoms with Crippen molar-refractivity contribution in [2.45, 2.75) is 19.5 Å². The van der Waals surface area contributed by atoms with Crippen molar-refractivity contribution in [2.75, 3.05) is 11.4 Å². The van der Waals surface area contributed by atoms with Crippen LogP contribution in [0, 0.1) is 6.92 Å². The van der Waals surface area contributed by atoms with Gasteiger partial charge in [-0.2, -0.15) is 13.2 Å². The molecular weight excluding hydrogens is 279 g/mol. The second kappa shape index (κ2) is 4.89. The number of benzene rings is 1. The highest BCUT2D eigenvalue weighted by Gasteiger charge is 2.40. The van der Waals surface area contributed by atoms with Gasteiger partial charge in [0.05, 0.1) is 0 Å². The number of allylic oxidation sites excluding steroid dienone is 1. The topological polar surface area (TPSA) is 20.3 Å². The van der Waals surface area contributed by atoms with E-state index in [1.807, 2.05) is 0 Å². The molecule has 1 fully saturated rings. The van der Waals surface area contributed by atoms with Crippen molar-refractivity contribution in [3.05, 3.63) is 40.4 Å². The Hall–Kier alpha value is -1.49. The maximum Gasteiger partial charge on any atom is 0.427 e. The molecule has 0 N–H and O–H groups in total. The van der Waals surface area contributed by atoms with Gasteiger partial charge in [-0.1, -0.05) is 29.8 Å². The second-order valence-corrected chi connectivity index (χ2v) is 4.66. The summed E-state index contributed by atoms with van der Waals surface area (Å²) in [6.45, 7) is 2.01. The molecule has 1 heterocycles. The molecule has 1 aromatic carbocycles. The number of hydrogen-bond acceptors (Lipinski definition) is 1. The van der Waals surface area contributed by atoms with Gasteiger partial charge in [0, 0.05) is 17.8 Å². The quantitative estimate of drug-likeness (QED) is 0.720. The molecule has 0 atom stereocenters. The second-order valence-electron chi connectivity index (χ2n) is 4.28. The van der Waals surface area contributed by atoms with Crippen LogP contribution >= 0.6 is 11.6 Å². The van der Waals surface area contributed by atoms with E-state index >= 15 is 0 Å². The molecule has 0 bridgehead atoms. The van der Waals surface area contributed by atoms with E-state index < -0.39 is 17.1 Å². The van der Waals surface area contributed by atoms with E-state index in [9.17, 15) is 18.0 Å². The number of aryl methyl sites for hydroxylation is 1. The molecule has 0 aromatic heterocycles. The number of carbonyl (C=O) groups is 1. The van der Waals surface area contributed by atoms with E-state index in [4.69, 9.17) is 11.6 Å². The molecule has 1 aliphatic rings. The van der Waals surface area contributed by atoms with E-state index in [0.717, 1.165) is 5.56 Å². The summed E-state index contributed by atoms with van der Waals surface area (Å²) in [6.07, 6.45) is -4.67. The molecule has 0 unspecified atom stereocenters. The molecule has 0 radical (unpaired) electrons. The number of hydrogen-bond donors (Lipinski definition) is 0. The summed E-state index contributed by atoms with van der Waals surface area (Å²) in [4.78, 5) is 13.4. The zero-order valence-electron chi connectivity index (χ0n) is 10.1. The van der Waals surface area contributed by atoms with Crippen LogP contribution in [0.25, 0.3) is 0 Å². The Morgan fingerprint density at radius 1 is 1.32 bits per heavy atom. The molecule has 102 valence electrons. The lowest BCUT2D eigenvalue weighted by Crippen LogP contribution is -2.26. The van der Waals surface area contributed by atoms with Crippen LogP contribution in [-0.2, 0) is 4.79 Å². The van der Waals surface area contributed by atoms with Crippen LogP contribution in [-0.4, -0.2) is 18.6 Å². The fourth-order valence-corrected chi connectivity index (χ4v) is 2.24. The number of para-hydroxylation sites is 1. The highest BCUT2D eigenvalue weighted by atomic mass is 35.5. The zero-order chi connectivity index (χ0) is 14.2. The Balaban J connectivity index is 2.37. The van der Waals surface area contributed by atoms with Gasteiger partial charge in [0.15, 0.2) is 0 Å². The fraction of sp³-hybridized carbons (Fsp3) is 0.308. The maximum atomic E-state index is 12.5. The van der Waals surface area contributed by atoms with E-state index in [1.54, 1.807) is 31.2 Å². The molecule has 1 saturated heterocycles. The molecule has 2 rings (SSSR count). The first kappa shape index (κ1) is 13.9. The van der Waals surface area contributed by atoms with Crippen LogP contribution in [0.1, 0.15) is 12.0 Å². The van der Waals surface area contributed by atoms with E-state index in [0.29, 0.717) is 5.69 Å². The summed E-state index contributed by atoms with van der Waals surface area (Å²) in [5.41, 5.74) is 1.09. The summed E-state index contributed by atoms with van der Waals surface area (Å²) >= 11 is 5.26. The van der Waals surface area contributed by atoms with Gasteiger partial charge in [0.2, 0.25) is 0 Å². The van der Waals surface area contributed by atoms with Crippen molar-refractivity contribution in [3.8, 4) is 0 Å². The van der Waals surface area contributed by atoms with Crippen LogP contribution in [0.5, 0.6) is 0 Å². The Morgan fingerprint density at radius 3 is 2.53 bits per heavy atom. The van der Waals surface area contributed by atoms with Crippen molar-refractivity contribution < 1.29 is 18.0 Å². The average molecular weight is 290 g/mol. The van der Waals surface area contributed by atoms with Crippen LogP contribution < -0.4 is 4.90 Å². The lowest BCUT2D eigenvalue weighted by atomic mass is 10.2. The van der Waals surface area contributed by atoms with Crippen molar-refractivity contribution in [3.63, 3.8) is 0 Å². The van der Waals surface area contributed by atoms with Crippen LogP contribution in [0.15, 0.2) is 34.9 Å². The van der Waals surface area contributed by atoms with Crippen molar-refractivity contribution in [1.82, 2.24) is 0 Å². The van der Waals surface area contributed by atoms with Gasteiger partial charge in [0.1, 0.15) is 5.03 Å². The fourth-order valence-electron chi connectivity index (χ4n) is 2.07. The zero-order valence-corrected chi connectivity index (χ0v) is 10.8. The standard InChI is InChI=1S/C13H11ClF3NO/c1-8-4-2-3-5-10(8)18-7-6-9(12(18)19)11(14)13(15,16)17/h2-5H,6-7H2,1H3/b11-9-. The molecule has 2 nitrogen and oxygen atoms in total. The Morgan fingerprint density at radius 2 is 1.95 bits per heavy atom. The van der Waals surface area contributed by atoms with E-state index in [2.05, 4.69) is 0 Å². The first-order valence-electron chi connectivity index (χ1n) is 5.65. The number of rotatable bonds is 1. The van der Waals surface area contributed by atoms with Crippen LogP contribution in [0.2, 0.25) is 0 Å². The third kappa shape index (κ3) is 2.61. The molecule has 19 heavy (non-hydrogen) atoms. The molecular formula is C13H11ClF3NO. The lowest BCUT2D eigenvalue weighted by molar-refractivity contribution is -0.115. The monoisotopic (exact) mass is 289 g/mol. The average Bonchev–Trinajstić information content (AvgIpc) is 2.69. The Labute approximate surface area is 113 Å². The Kier molecular flexibility index (Phi) is 3.58. The first-order chi connectivity index (χ1) is 8.82. The molecule has 1 aromatic rings. The van der Waals surface area contributed by atoms with Gasteiger partial charge in [-0.25, -0.2) is 0 Å². The number of halogens is 4. The number of anilines is 1. The molecule has 0 spiro atoms. The van der Waals surface area contributed by atoms with Crippen molar-refractivity contribution >= 4 is 23.2 Å². The van der Waals surface area contributed by atoms with Crippen molar-refractivity contribution in [2.24, 2.45) is 0 Å². The van der Waals surface area contributed by atoms with Gasteiger partial charge in [0.25, 0.3) is 5.91 Å².